The third-order valence-electron chi connectivity index (χ3n) is 4.34. The highest BCUT2D eigenvalue weighted by Crippen LogP contribution is 2.54. The molecular weight excluding hydrogens is 176 g/mol. The molecule has 0 bridgehead atoms. The first-order valence-corrected chi connectivity index (χ1v) is 5.67. The van der Waals surface area contributed by atoms with Gasteiger partial charge in [-0.25, -0.2) is 0 Å². The number of Topliss-reactive ketones (excluding diaryl/α,β-unsaturated/α-hetero) is 1. The molecule has 0 aromatic heterocycles. The maximum atomic E-state index is 11.5. The normalized spacial score (nSPS) is 41.8. The zero-order valence-electron chi connectivity index (χ0n) is 8.79. The van der Waals surface area contributed by atoms with Crippen LogP contribution in [0.4, 0.5) is 0 Å². The molecule has 0 N–H and O–H groups in total. The van der Waals surface area contributed by atoms with Crippen LogP contribution >= 0.6 is 0 Å². The number of ketones is 1. The molecule has 0 spiro atoms. The lowest BCUT2D eigenvalue weighted by atomic mass is 9.64. The topological polar surface area (TPSA) is 34.1 Å². The standard InChI is InChI=1S/C12H18O2/c1-9(14)11-6-5-10-4-2-3-7-12(10,11)8-13/h8,10-11H,2-7H2,1H3/t10-,11?,12+/m1/s1. The average molecular weight is 194 g/mol. The molecule has 14 heavy (non-hydrogen) atoms. The van der Waals surface area contributed by atoms with E-state index in [4.69, 9.17) is 0 Å². The third kappa shape index (κ3) is 1.23. The third-order valence-corrected chi connectivity index (χ3v) is 4.34. The van der Waals surface area contributed by atoms with Crippen LogP contribution in [0.15, 0.2) is 0 Å². The molecule has 2 heteroatoms. The van der Waals surface area contributed by atoms with Gasteiger partial charge in [-0.05, 0) is 38.5 Å². The van der Waals surface area contributed by atoms with Gasteiger partial charge in [-0.2, -0.15) is 0 Å². The van der Waals surface area contributed by atoms with Gasteiger partial charge >= 0.3 is 0 Å². The van der Waals surface area contributed by atoms with Crippen molar-refractivity contribution in [1.29, 1.82) is 0 Å². The van der Waals surface area contributed by atoms with Gasteiger partial charge in [-0.15, -0.1) is 0 Å². The Kier molecular flexibility index (Phi) is 2.46. The molecule has 78 valence electrons. The molecule has 1 unspecified atom stereocenters. The van der Waals surface area contributed by atoms with Gasteiger partial charge in [-0.3, -0.25) is 4.79 Å². The Morgan fingerprint density at radius 2 is 2.07 bits per heavy atom. The van der Waals surface area contributed by atoms with Crippen LogP contribution in [0.25, 0.3) is 0 Å². The van der Waals surface area contributed by atoms with Gasteiger partial charge < -0.3 is 4.79 Å². The van der Waals surface area contributed by atoms with Crippen LogP contribution in [0.2, 0.25) is 0 Å². The van der Waals surface area contributed by atoms with Gasteiger partial charge in [0.25, 0.3) is 0 Å². The molecule has 2 aliphatic rings. The zero-order valence-corrected chi connectivity index (χ0v) is 8.79. The van der Waals surface area contributed by atoms with E-state index in [0.717, 1.165) is 38.4 Å². The van der Waals surface area contributed by atoms with Gasteiger partial charge in [-0.1, -0.05) is 12.8 Å². The molecule has 0 heterocycles. The number of carbonyl (C=O) groups is 2. The van der Waals surface area contributed by atoms with Crippen molar-refractivity contribution in [3.05, 3.63) is 0 Å². The number of hydrogen-bond donors (Lipinski definition) is 0. The van der Waals surface area contributed by atoms with Crippen LogP contribution in [0.5, 0.6) is 0 Å². The van der Waals surface area contributed by atoms with Crippen molar-refractivity contribution in [2.45, 2.75) is 45.4 Å². The predicted octanol–water partition coefficient (Wildman–Crippen LogP) is 2.36. The Morgan fingerprint density at radius 1 is 1.29 bits per heavy atom. The van der Waals surface area contributed by atoms with Gasteiger partial charge in [0, 0.05) is 11.3 Å². The number of fused-ring (bicyclic) bond motifs is 1. The molecule has 2 fully saturated rings. The molecule has 2 aliphatic carbocycles. The number of hydrogen-bond acceptors (Lipinski definition) is 2. The molecular formula is C12H18O2. The van der Waals surface area contributed by atoms with E-state index >= 15 is 0 Å². The Bertz CT molecular complexity index is 259. The first kappa shape index (κ1) is 9.88. The van der Waals surface area contributed by atoms with Crippen LogP contribution in [0.1, 0.15) is 45.4 Å². The lowest BCUT2D eigenvalue weighted by Gasteiger charge is -2.38. The molecule has 2 saturated carbocycles. The lowest BCUT2D eigenvalue weighted by Crippen LogP contribution is -2.39. The first-order chi connectivity index (χ1) is 6.70. The first-order valence-electron chi connectivity index (χ1n) is 5.67. The van der Waals surface area contributed by atoms with E-state index in [1.807, 2.05) is 0 Å². The summed E-state index contributed by atoms with van der Waals surface area (Å²) in [5.74, 6) is 0.759. The Balaban J connectivity index is 2.29. The summed E-state index contributed by atoms with van der Waals surface area (Å²) in [5.41, 5.74) is -0.260. The summed E-state index contributed by atoms with van der Waals surface area (Å²) in [6, 6.07) is 0. The van der Waals surface area contributed by atoms with E-state index in [-0.39, 0.29) is 17.1 Å². The summed E-state index contributed by atoms with van der Waals surface area (Å²) in [5, 5.41) is 0. The van der Waals surface area contributed by atoms with Crippen molar-refractivity contribution in [2.75, 3.05) is 0 Å². The highest BCUT2D eigenvalue weighted by Gasteiger charge is 2.52. The highest BCUT2D eigenvalue weighted by atomic mass is 16.1. The highest BCUT2D eigenvalue weighted by molar-refractivity contribution is 5.84. The number of carbonyl (C=O) groups excluding carboxylic acids is 2. The Labute approximate surface area is 85.1 Å². The zero-order chi connectivity index (χ0) is 10.2. The summed E-state index contributed by atoms with van der Waals surface area (Å²) >= 11 is 0. The van der Waals surface area contributed by atoms with E-state index in [0.29, 0.717) is 5.92 Å². The van der Waals surface area contributed by atoms with E-state index in [9.17, 15) is 9.59 Å². The van der Waals surface area contributed by atoms with E-state index in [2.05, 4.69) is 0 Å². The van der Waals surface area contributed by atoms with Crippen LogP contribution < -0.4 is 0 Å². The van der Waals surface area contributed by atoms with Crippen LogP contribution in [0, 0.1) is 17.3 Å². The van der Waals surface area contributed by atoms with Crippen molar-refractivity contribution in [3.8, 4) is 0 Å². The SMILES string of the molecule is CC(=O)C1CC[C@H]2CCCC[C@@]12C=O. The Morgan fingerprint density at radius 3 is 2.71 bits per heavy atom. The van der Waals surface area contributed by atoms with Crippen molar-refractivity contribution >= 4 is 12.1 Å². The number of rotatable bonds is 2. The van der Waals surface area contributed by atoms with E-state index in [1.54, 1.807) is 6.92 Å². The molecule has 0 radical (unpaired) electrons. The number of aldehydes is 1. The summed E-state index contributed by atoms with van der Waals surface area (Å²) in [7, 11) is 0. The van der Waals surface area contributed by atoms with Crippen molar-refractivity contribution in [1.82, 2.24) is 0 Å². The molecule has 0 amide bonds. The molecule has 3 atom stereocenters. The van der Waals surface area contributed by atoms with Crippen LogP contribution in [0.3, 0.4) is 0 Å². The fraction of sp³-hybridized carbons (Fsp3) is 0.833. The average Bonchev–Trinajstić information content (AvgIpc) is 2.57. The molecule has 0 aliphatic heterocycles. The second-order valence-electron chi connectivity index (χ2n) is 4.91. The Hall–Kier alpha value is -0.660. The van der Waals surface area contributed by atoms with Crippen molar-refractivity contribution in [3.63, 3.8) is 0 Å². The minimum atomic E-state index is -0.260. The largest absolute Gasteiger partial charge is 0.303 e. The molecule has 2 rings (SSSR count). The second-order valence-corrected chi connectivity index (χ2v) is 4.91. The maximum Gasteiger partial charge on any atom is 0.133 e. The molecule has 0 saturated heterocycles. The van der Waals surface area contributed by atoms with Crippen molar-refractivity contribution in [2.24, 2.45) is 17.3 Å². The predicted molar refractivity (Wildman–Crippen MR) is 53.9 cm³/mol. The minimum Gasteiger partial charge on any atom is -0.303 e. The van der Waals surface area contributed by atoms with Gasteiger partial charge in [0.2, 0.25) is 0 Å². The molecule has 0 aromatic rings. The van der Waals surface area contributed by atoms with Gasteiger partial charge in [0.05, 0.1) is 0 Å². The summed E-state index contributed by atoms with van der Waals surface area (Å²) < 4.78 is 0. The maximum absolute atomic E-state index is 11.5. The van der Waals surface area contributed by atoms with E-state index < -0.39 is 0 Å². The van der Waals surface area contributed by atoms with Gasteiger partial charge in [0.15, 0.2) is 0 Å². The summed E-state index contributed by atoms with van der Waals surface area (Å²) in [4.78, 5) is 22.8. The molecule has 2 nitrogen and oxygen atoms in total. The van der Waals surface area contributed by atoms with Crippen molar-refractivity contribution < 1.29 is 9.59 Å². The fourth-order valence-corrected chi connectivity index (χ4v) is 3.62. The van der Waals surface area contributed by atoms with Gasteiger partial charge in [0.1, 0.15) is 12.1 Å². The van der Waals surface area contributed by atoms with E-state index in [1.165, 1.54) is 6.42 Å². The summed E-state index contributed by atoms with van der Waals surface area (Å²) in [6.07, 6.45) is 7.61. The lowest BCUT2D eigenvalue weighted by molar-refractivity contribution is -0.133. The molecule has 0 aromatic carbocycles. The van der Waals surface area contributed by atoms with Crippen LogP contribution in [-0.2, 0) is 9.59 Å². The fourth-order valence-electron chi connectivity index (χ4n) is 3.62. The second kappa shape index (κ2) is 3.48. The monoisotopic (exact) mass is 194 g/mol. The quantitative estimate of drug-likeness (QED) is 0.632. The van der Waals surface area contributed by atoms with Crippen LogP contribution in [-0.4, -0.2) is 12.1 Å². The smallest absolute Gasteiger partial charge is 0.133 e. The summed E-state index contributed by atoms with van der Waals surface area (Å²) in [6.45, 7) is 1.65. The minimum absolute atomic E-state index is 0.0327.